The number of hydrogen-bond acceptors (Lipinski definition) is 4. The third-order valence-corrected chi connectivity index (χ3v) is 4.13. The Labute approximate surface area is 119 Å². The van der Waals surface area contributed by atoms with Crippen LogP contribution in [-0.4, -0.2) is 37.5 Å². The van der Waals surface area contributed by atoms with Crippen molar-refractivity contribution < 1.29 is 19.0 Å². The molecule has 0 amide bonds. The molecule has 3 atom stereocenters. The molecule has 1 saturated heterocycles. The number of epoxide rings is 1. The minimum Gasteiger partial charge on any atom is -0.458 e. The van der Waals surface area contributed by atoms with E-state index in [1.165, 1.54) is 5.57 Å². The first-order chi connectivity index (χ1) is 9.76. The van der Waals surface area contributed by atoms with Crippen molar-refractivity contribution in [1.82, 2.24) is 0 Å². The zero-order valence-electron chi connectivity index (χ0n) is 12.0. The van der Waals surface area contributed by atoms with Gasteiger partial charge in [0.1, 0.15) is 12.7 Å². The number of hydrogen-bond donors (Lipinski definition) is 0. The van der Waals surface area contributed by atoms with Crippen molar-refractivity contribution in [1.29, 1.82) is 0 Å². The molecule has 0 spiro atoms. The molecule has 3 rings (SSSR count). The van der Waals surface area contributed by atoms with Gasteiger partial charge in [0.2, 0.25) is 0 Å². The molecule has 4 nitrogen and oxygen atoms in total. The van der Waals surface area contributed by atoms with Gasteiger partial charge in [-0.05, 0) is 50.7 Å². The average molecular weight is 278 g/mol. The first-order valence-electron chi connectivity index (χ1n) is 7.60. The smallest absolute Gasteiger partial charge is 0.334 e. The standard InChI is InChI=1S/C16H22O4/c1-2-18-13-5-3-4-11(8-13)10-19-16(17)12-6-7-14-15(9-12)20-14/h8-9,13-15H,2-7,10H2,1H3. The van der Waals surface area contributed by atoms with Crippen LogP contribution in [0.2, 0.25) is 0 Å². The van der Waals surface area contributed by atoms with Crippen LogP contribution in [0.1, 0.15) is 39.0 Å². The summed E-state index contributed by atoms with van der Waals surface area (Å²) in [6, 6.07) is 0. The summed E-state index contributed by atoms with van der Waals surface area (Å²) in [5.74, 6) is -0.182. The summed E-state index contributed by atoms with van der Waals surface area (Å²) in [5, 5.41) is 0. The van der Waals surface area contributed by atoms with Gasteiger partial charge in [0, 0.05) is 12.2 Å². The largest absolute Gasteiger partial charge is 0.458 e. The Balaban J connectivity index is 1.50. The van der Waals surface area contributed by atoms with Crippen molar-refractivity contribution in [3.8, 4) is 0 Å². The second-order valence-corrected chi connectivity index (χ2v) is 5.66. The summed E-state index contributed by atoms with van der Waals surface area (Å²) in [6.45, 7) is 3.13. The van der Waals surface area contributed by atoms with E-state index in [0.717, 1.165) is 44.3 Å². The van der Waals surface area contributed by atoms with Gasteiger partial charge >= 0.3 is 5.97 Å². The number of rotatable bonds is 5. The molecule has 0 bridgehead atoms. The monoisotopic (exact) mass is 278 g/mol. The molecule has 110 valence electrons. The van der Waals surface area contributed by atoms with E-state index in [4.69, 9.17) is 14.2 Å². The lowest BCUT2D eigenvalue weighted by Gasteiger charge is -2.21. The third-order valence-electron chi connectivity index (χ3n) is 4.13. The molecule has 0 N–H and O–H groups in total. The van der Waals surface area contributed by atoms with Crippen LogP contribution in [0.4, 0.5) is 0 Å². The minimum absolute atomic E-state index is 0.169. The molecule has 4 heteroatoms. The van der Waals surface area contributed by atoms with Gasteiger partial charge < -0.3 is 14.2 Å². The maximum Gasteiger partial charge on any atom is 0.334 e. The van der Waals surface area contributed by atoms with Gasteiger partial charge in [0.15, 0.2) is 0 Å². The maximum atomic E-state index is 12.0. The summed E-state index contributed by atoms with van der Waals surface area (Å²) >= 11 is 0. The van der Waals surface area contributed by atoms with Gasteiger partial charge in [-0.2, -0.15) is 0 Å². The van der Waals surface area contributed by atoms with Crippen LogP contribution in [0.3, 0.4) is 0 Å². The van der Waals surface area contributed by atoms with Crippen molar-refractivity contribution in [2.45, 2.75) is 57.3 Å². The molecule has 3 aliphatic rings. The summed E-state index contributed by atoms with van der Waals surface area (Å²) < 4.78 is 16.4. The Morgan fingerprint density at radius 2 is 2.25 bits per heavy atom. The summed E-state index contributed by atoms with van der Waals surface area (Å²) in [4.78, 5) is 12.0. The number of fused-ring (bicyclic) bond motifs is 1. The first kappa shape index (κ1) is 13.8. The van der Waals surface area contributed by atoms with Crippen LogP contribution in [0.25, 0.3) is 0 Å². The molecule has 0 radical (unpaired) electrons. The molecule has 1 fully saturated rings. The van der Waals surface area contributed by atoms with Gasteiger partial charge in [-0.1, -0.05) is 6.08 Å². The first-order valence-corrected chi connectivity index (χ1v) is 7.60. The van der Waals surface area contributed by atoms with Crippen LogP contribution < -0.4 is 0 Å². The summed E-state index contributed by atoms with van der Waals surface area (Å²) in [5.41, 5.74) is 1.96. The van der Waals surface area contributed by atoms with E-state index in [9.17, 15) is 4.79 Å². The Bertz CT molecular complexity index is 438. The fraction of sp³-hybridized carbons (Fsp3) is 0.688. The van der Waals surface area contributed by atoms with E-state index in [0.29, 0.717) is 12.7 Å². The highest BCUT2D eigenvalue weighted by Gasteiger charge is 2.41. The van der Waals surface area contributed by atoms with Crippen LogP contribution in [0.5, 0.6) is 0 Å². The van der Waals surface area contributed by atoms with E-state index >= 15 is 0 Å². The average Bonchev–Trinajstić information content (AvgIpc) is 3.24. The van der Waals surface area contributed by atoms with E-state index in [1.807, 2.05) is 13.0 Å². The minimum atomic E-state index is -0.182. The van der Waals surface area contributed by atoms with Crippen molar-refractivity contribution >= 4 is 5.97 Å². The van der Waals surface area contributed by atoms with Gasteiger partial charge in [-0.25, -0.2) is 4.79 Å². The van der Waals surface area contributed by atoms with Crippen molar-refractivity contribution in [2.75, 3.05) is 13.2 Å². The van der Waals surface area contributed by atoms with E-state index in [2.05, 4.69) is 6.08 Å². The molecule has 0 aromatic carbocycles. The molecule has 20 heavy (non-hydrogen) atoms. The van der Waals surface area contributed by atoms with E-state index in [1.54, 1.807) is 0 Å². The number of carbonyl (C=O) groups is 1. The van der Waals surface area contributed by atoms with Crippen LogP contribution >= 0.6 is 0 Å². The molecule has 3 unspecified atom stereocenters. The Morgan fingerprint density at radius 3 is 3.05 bits per heavy atom. The SMILES string of the molecule is CCOC1C=C(COC(=O)C2=CC3OC3CC2)CCC1. The second kappa shape index (κ2) is 6.10. The highest BCUT2D eigenvalue weighted by atomic mass is 16.6. The normalized spacial score (nSPS) is 31.9. The maximum absolute atomic E-state index is 12.0. The molecule has 0 saturated carbocycles. The lowest BCUT2D eigenvalue weighted by molar-refractivity contribution is -0.138. The molecular weight excluding hydrogens is 256 g/mol. The van der Waals surface area contributed by atoms with Gasteiger partial charge in [0.25, 0.3) is 0 Å². The van der Waals surface area contributed by atoms with Crippen molar-refractivity contribution in [2.24, 2.45) is 0 Å². The Morgan fingerprint density at radius 1 is 1.35 bits per heavy atom. The van der Waals surface area contributed by atoms with Gasteiger partial charge in [0.05, 0.1) is 12.2 Å². The number of ether oxygens (including phenoxy) is 3. The van der Waals surface area contributed by atoms with Crippen molar-refractivity contribution in [3.05, 3.63) is 23.3 Å². The Hall–Kier alpha value is -1.13. The summed E-state index contributed by atoms with van der Waals surface area (Å²) in [7, 11) is 0. The lowest BCUT2D eigenvalue weighted by Crippen LogP contribution is -2.18. The molecule has 1 aliphatic heterocycles. The topological polar surface area (TPSA) is 48.1 Å². The molecule has 0 aromatic heterocycles. The zero-order chi connectivity index (χ0) is 13.9. The van der Waals surface area contributed by atoms with Crippen LogP contribution in [-0.2, 0) is 19.0 Å². The van der Waals surface area contributed by atoms with E-state index in [-0.39, 0.29) is 18.2 Å². The lowest BCUT2D eigenvalue weighted by atomic mass is 9.97. The molecular formula is C16H22O4. The quantitative estimate of drug-likeness (QED) is 0.440. The Kier molecular flexibility index (Phi) is 4.22. The molecule has 0 aromatic rings. The predicted molar refractivity (Wildman–Crippen MR) is 74.3 cm³/mol. The predicted octanol–water partition coefficient (Wildman–Crippen LogP) is 2.53. The van der Waals surface area contributed by atoms with Gasteiger partial charge in [-0.15, -0.1) is 0 Å². The summed E-state index contributed by atoms with van der Waals surface area (Å²) in [6.07, 6.45) is 9.67. The van der Waals surface area contributed by atoms with Crippen molar-refractivity contribution in [3.63, 3.8) is 0 Å². The van der Waals surface area contributed by atoms with Crippen LogP contribution in [0.15, 0.2) is 23.3 Å². The van der Waals surface area contributed by atoms with Crippen LogP contribution in [0, 0.1) is 0 Å². The highest BCUT2D eigenvalue weighted by molar-refractivity contribution is 5.89. The fourth-order valence-corrected chi connectivity index (χ4v) is 2.96. The van der Waals surface area contributed by atoms with Gasteiger partial charge in [-0.3, -0.25) is 0 Å². The third kappa shape index (κ3) is 3.30. The second-order valence-electron chi connectivity index (χ2n) is 5.66. The number of carbonyl (C=O) groups excluding carboxylic acids is 1. The van der Waals surface area contributed by atoms with E-state index < -0.39 is 0 Å². The highest BCUT2D eigenvalue weighted by Crippen LogP contribution is 2.35. The zero-order valence-corrected chi connectivity index (χ0v) is 12.0. The fourth-order valence-electron chi connectivity index (χ4n) is 2.96. The molecule has 1 heterocycles. The number of esters is 1. The molecule has 2 aliphatic carbocycles.